The van der Waals surface area contributed by atoms with E-state index < -0.39 is 11.7 Å². The Hall–Kier alpha value is -2.48. The van der Waals surface area contributed by atoms with Gasteiger partial charge in [-0.15, -0.1) is 0 Å². The van der Waals surface area contributed by atoms with E-state index in [0.717, 1.165) is 6.08 Å². The first-order chi connectivity index (χ1) is 7.06. The van der Waals surface area contributed by atoms with Gasteiger partial charge in [0.05, 0.1) is 0 Å². The van der Waals surface area contributed by atoms with Gasteiger partial charge >= 0.3 is 0 Å². The number of hydrogen-bond donors (Lipinski definition) is 3. The van der Waals surface area contributed by atoms with E-state index in [1.807, 2.05) is 0 Å². The third-order valence-electron chi connectivity index (χ3n) is 1.73. The lowest BCUT2D eigenvalue weighted by Gasteiger charge is -2.02. The van der Waals surface area contributed by atoms with Crippen molar-refractivity contribution < 1.29 is 15.0 Å². The number of nitrogens with zero attached hydrogens (tertiary/aromatic N) is 1. The molecule has 0 aliphatic carbocycles. The third kappa shape index (κ3) is 2.25. The van der Waals surface area contributed by atoms with Crippen molar-refractivity contribution in [1.29, 1.82) is 5.26 Å². The van der Waals surface area contributed by atoms with Gasteiger partial charge < -0.3 is 15.9 Å². The minimum Gasteiger partial charge on any atom is -0.504 e. The Morgan fingerprint density at radius 3 is 2.67 bits per heavy atom. The number of aromatic hydroxyl groups is 2. The van der Waals surface area contributed by atoms with E-state index in [9.17, 15) is 9.90 Å². The molecule has 0 aromatic heterocycles. The highest BCUT2D eigenvalue weighted by Gasteiger charge is 2.09. The number of carbonyl (C=O) groups excluding carboxylic acids is 1. The van der Waals surface area contributed by atoms with Crippen LogP contribution in [0.1, 0.15) is 11.1 Å². The highest BCUT2D eigenvalue weighted by molar-refractivity contribution is 5.90. The summed E-state index contributed by atoms with van der Waals surface area (Å²) in [7, 11) is 0. The predicted octanol–water partition coefficient (Wildman–Crippen LogP) is 0.468. The van der Waals surface area contributed by atoms with E-state index >= 15 is 0 Å². The van der Waals surface area contributed by atoms with E-state index in [0.29, 0.717) is 5.56 Å². The number of hydrogen-bond acceptors (Lipinski definition) is 4. The summed E-state index contributed by atoms with van der Waals surface area (Å²) in [5.41, 5.74) is 5.09. The molecule has 0 aliphatic rings. The Bertz CT molecular complexity index is 472. The van der Waals surface area contributed by atoms with Crippen molar-refractivity contribution >= 4 is 12.0 Å². The van der Waals surface area contributed by atoms with E-state index in [-0.39, 0.29) is 11.3 Å². The molecule has 76 valence electrons. The van der Waals surface area contributed by atoms with Crippen LogP contribution in [0.4, 0.5) is 0 Å². The molecule has 15 heavy (non-hydrogen) atoms. The SMILES string of the molecule is N#Cc1c(C=CC(N)=O)ccc(O)c1O. The molecule has 0 bridgehead atoms. The molecular weight excluding hydrogens is 196 g/mol. The zero-order chi connectivity index (χ0) is 11.4. The minimum atomic E-state index is -0.661. The molecule has 0 aliphatic heterocycles. The van der Waals surface area contributed by atoms with Crippen LogP contribution in [-0.4, -0.2) is 16.1 Å². The third-order valence-corrected chi connectivity index (χ3v) is 1.73. The second-order valence-electron chi connectivity index (χ2n) is 2.75. The van der Waals surface area contributed by atoms with E-state index in [2.05, 4.69) is 0 Å². The number of amides is 1. The normalized spacial score (nSPS) is 10.1. The molecule has 0 spiro atoms. The van der Waals surface area contributed by atoms with Crippen LogP contribution in [0.2, 0.25) is 0 Å². The van der Waals surface area contributed by atoms with Crippen LogP contribution in [0.3, 0.4) is 0 Å². The summed E-state index contributed by atoms with van der Waals surface area (Å²) in [5.74, 6) is -1.56. The minimum absolute atomic E-state index is 0.104. The standard InChI is InChI=1S/C10H8N2O3/c11-5-7-6(2-4-9(12)14)1-3-8(13)10(7)15/h1-4,13,15H,(H2,12,14). The van der Waals surface area contributed by atoms with Gasteiger partial charge in [-0.1, -0.05) is 0 Å². The molecule has 0 radical (unpaired) electrons. The molecule has 1 rings (SSSR count). The molecule has 0 atom stereocenters. The van der Waals surface area contributed by atoms with E-state index in [1.165, 1.54) is 18.2 Å². The van der Waals surface area contributed by atoms with Crippen molar-refractivity contribution in [3.8, 4) is 17.6 Å². The molecule has 0 saturated carbocycles. The topological polar surface area (TPSA) is 107 Å². The van der Waals surface area contributed by atoms with Gasteiger partial charge in [0, 0.05) is 6.08 Å². The smallest absolute Gasteiger partial charge is 0.241 e. The molecule has 1 aromatic rings. The van der Waals surface area contributed by atoms with Crippen molar-refractivity contribution in [3.63, 3.8) is 0 Å². The zero-order valence-corrected chi connectivity index (χ0v) is 7.64. The molecule has 4 N–H and O–H groups in total. The predicted molar refractivity (Wildman–Crippen MR) is 52.7 cm³/mol. The number of carbonyl (C=O) groups is 1. The number of phenolic OH excluding ortho intramolecular Hbond substituents is 2. The van der Waals surface area contributed by atoms with Crippen molar-refractivity contribution in [2.24, 2.45) is 5.73 Å². The van der Waals surface area contributed by atoms with Gasteiger partial charge in [0.1, 0.15) is 11.6 Å². The number of nitrogens with two attached hydrogens (primary N) is 1. The second kappa shape index (κ2) is 4.15. The average molecular weight is 204 g/mol. The molecular formula is C10H8N2O3. The van der Waals surface area contributed by atoms with Crippen molar-refractivity contribution in [2.75, 3.05) is 0 Å². The Balaban J connectivity index is 3.27. The Labute approximate surface area is 85.7 Å². The fraction of sp³-hybridized carbons (Fsp3) is 0. The first kappa shape index (κ1) is 10.6. The summed E-state index contributed by atoms with van der Waals surface area (Å²) in [5, 5.41) is 27.2. The fourth-order valence-corrected chi connectivity index (χ4v) is 1.02. The molecule has 0 fully saturated rings. The molecule has 5 heteroatoms. The maximum absolute atomic E-state index is 10.5. The molecule has 1 amide bonds. The second-order valence-corrected chi connectivity index (χ2v) is 2.75. The van der Waals surface area contributed by atoms with Gasteiger partial charge in [-0.25, -0.2) is 0 Å². The number of benzene rings is 1. The summed E-state index contributed by atoms with van der Waals surface area (Å²) in [6.45, 7) is 0. The molecule has 0 heterocycles. The highest BCUT2D eigenvalue weighted by Crippen LogP contribution is 2.31. The largest absolute Gasteiger partial charge is 0.504 e. The van der Waals surface area contributed by atoms with Crippen LogP contribution in [-0.2, 0) is 4.79 Å². The number of nitriles is 1. The molecule has 5 nitrogen and oxygen atoms in total. The Morgan fingerprint density at radius 2 is 2.13 bits per heavy atom. The maximum Gasteiger partial charge on any atom is 0.241 e. The Morgan fingerprint density at radius 1 is 1.47 bits per heavy atom. The van der Waals surface area contributed by atoms with Crippen molar-refractivity contribution in [3.05, 3.63) is 29.3 Å². The molecule has 0 unspecified atom stereocenters. The fourth-order valence-electron chi connectivity index (χ4n) is 1.02. The first-order valence-electron chi connectivity index (χ1n) is 3.98. The van der Waals surface area contributed by atoms with Crippen molar-refractivity contribution in [1.82, 2.24) is 0 Å². The Kier molecular flexibility index (Phi) is 2.94. The monoisotopic (exact) mass is 204 g/mol. The summed E-state index contributed by atoms with van der Waals surface area (Å²) < 4.78 is 0. The van der Waals surface area contributed by atoms with Gasteiger partial charge in [-0.2, -0.15) is 5.26 Å². The number of primary amides is 1. The number of phenols is 2. The maximum atomic E-state index is 10.5. The van der Waals surface area contributed by atoms with E-state index in [4.69, 9.17) is 16.1 Å². The van der Waals surface area contributed by atoms with Gasteiger partial charge in [0.2, 0.25) is 5.91 Å². The van der Waals surface area contributed by atoms with Crippen LogP contribution in [0.15, 0.2) is 18.2 Å². The van der Waals surface area contributed by atoms with Crippen LogP contribution in [0.25, 0.3) is 6.08 Å². The van der Waals surface area contributed by atoms with Gasteiger partial charge in [0.25, 0.3) is 0 Å². The van der Waals surface area contributed by atoms with E-state index in [1.54, 1.807) is 6.07 Å². The number of rotatable bonds is 2. The average Bonchev–Trinajstić information content (AvgIpc) is 2.19. The summed E-state index contributed by atoms with van der Waals surface area (Å²) in [4.78, 5) is 10.5. The van der Waals surface area contributed by atoms with Gasteiger partial charge in [-0.05, 0) is 23.8 Å². The van der Waals surface area contributed by atoms with Crippen molar-refractivity contribution in [2.45, 2.75) is 0 Å². The lowest BCUT2D eigenvalue weighted by atomic mass is 10.1. The quantitative estimate of drug-likeness (QED) is 0.480. The summed E-state index contributed by atoms with van der Waals surface area (Å²) in [6, 6.07) is 4.33. The molecule has 0 saturated heterocycles. The van der Waals surface area contributed by atoms with Crippen LogP contribution >= 0.6 is 0 Å². The van der Waals surface area contributed by atoms with Gasteiger partial charge in [-0.3, -0.25) is 4.79 Å². The molecule has 1 aromatic carbocycles. The summed E-state index contributed by atoms with van der Waals surface area (Å²) >= 11 is 0. The first-order valence-corrected chi connectivity index (χ1v) is 3.98. The highest BCUT2D eigenvalue weighted by atomic mass is 16.3. The summed E-state index contributed by atoms with van der Waals surface area (Å²) in [6.07, 6.45) is 2.35. The van der Waals surface area contributed by atoms with Crippen LogP contribution in [0.5, 0.6) is 11.5 Å². The zero-order valence-electron chi connectivity index (χ0n) is 7.64. The van der Waals surface area contributed by atoms with Crippen LogP contribution < -0.4 is 5.73 Å². The lowest BCUT2D eigenvalue weighted by molar-refractivity contribution is -0.113. The van der Waals surface area contributed by atoms with Gasteiger partial charge in [0.15, 0.2) is 11.5 Å². The lowest BCUT2D eigenvalue weighted by Crippen LogP contribution is -2.05. The van der Waals surface area contributed by atoms with Crippen LogP contribution in [0, 0.1) is 11.3 Å².